The van der Waals surface area contributed by atoms with Crippen molar-refractivity contribution < 1.29 is 10.2 Å². The molecular formula is C21H26O2. The Kier molecular flexibility index (Phi) is 4.34. The summed E-state index contributed by atoms with van der Waals surface area (Å²) in [5, 5.41) is 20.1. The van der Waals surface area contributed by atoms with Crippen molar-refractivity contribution in [2.75, 3.05) is 0 Å². The van der Waals surface area contributed by atoms with Crippen molar-refractivity contribution >= 4 is 0 Å². The molecule has 1 aliphatic rings. The summed E-state index contributed by atoms with van der Waals surface area (Å²) in [6.07, 6.45) is 6.72. The van der Waals surface area contributed by atoms with Crippen molar-refractivity contribution in [2.45, 2.75) is 57.8 Å². The van der Waals surface area contributed by atoms with E-state index in [-0.39, 0.29) is 5.41 Å². The maximum atomic E-state index is 10.1. The Morgan fingerprint density at radius 1 is 0.739 bits per heavy atom. The van der Waals surface area contributed by atoms with E-state index in [4.69, 9.17) is 0 Å². The first-order valence-electron chi connectivity index (χ1n) is 8.79. The van der Waals surface area contributed by atoms with Gasteiger partial charge >= 0.3 is 0 Å². The highest BCUT2D eigenvalue weighted by Gasteiger charge is 2.42. The number of rotatable bonds is 6. The fourth-order valence-corrected chi connectivity index (χ4v) is 4.09. The van der Waals surface area contributed by atoms with Crippen LogP contribution in [0.15, 0.2) is 36.4 Å². The van der Waals surface area contributed by atoms with Gasteiger partial charge in [0, 0.05) is 5.41 Å². The fourth-order valence-electron chi connectivity index (χ4n) is 4.09. The molecule has 0 saturated heterocycles. The van der Waals surface area contributed by atoms with E-state index in [2.05, 4.69) is 13.8 Å². The van der Waals surface area contributed by atoms with Crippen LogP contribution in [-0.4, -0.2) is 10.2 Å². The second kappa shape index (κ2) is 6.27. The van der Waals surface area contributed by atoms with Crippen LogP contribution in [0, 0.1) is 0 Å². The Morgan fingerprint density at radius 2 is 1.17 bits per heavy atom. The van der Waals surface area contributed by atoms with Gasteiger partial charge in [0.1, 0.15) is 11.5 Å². The lowest BCUT2D eigenvalue weighted by atomic mass is 9.71. The van der Waals surface area contributed by atoms with Gasteiger partial charge in [-0.15, -0.1) is 0 Å². The molecule has 0 heterocycles. The average Bonchev–Trinajstić information content (AvgIpc) is 2.80. The topological polar surface area (TPSA) is 40.5 Å². The van der Waals surface area contributed by atoms with Crippen LogP contribution in [0.4, 0.5) is 0 Å². The Morgan fingerprint density at radius 3 is 1.57 bits per heavy atom. The molecule has 122 valence electrons. The number of benzene rings is 2. The summed E-state index contributed by atoms with van der Waals surface area (Å²) < 4.78 is 0. The third kappa shape index (κ3) is 2.60. The van der Waals surface area contributed by atoms with Gasteiger partial charge in [-0.2, -0.15) is 0 Å². The summed E-state index contributed by atoms with van der Waals surface area (Å²) in [5.41, 5.74) is 4.82. The average molecular weight is 310 g/mol. The molecule has 2 heteroatoms. The largest absolute Gasteiger partial charge is 0.508 e. The third-order valence-electron chi connectivity index (χ3n) is 5.24. The van der Waals surface area contributed by atoms with Crippen molar-refractivity contribution in [2.24, 2.45) is 0 Å². The van der Waals surface area contributed by atoms with E-state index in [1.165, 1.54) is 22.3 Å². The molecule has 0 bridgehead atoms. The van der Waals surface area contributed by atoms with Crippen molar-refractivity contribution in [1.29, 1.82) is 0 Å². The summed E-state index contributed by atoms with van der Waals surface area (Å²) in [4.78, 5) is 0. The van der Waals surface area contributed by atoms with E-state index in [9.17, 15) is 10.2 Å². The first kappa shape index (κ1) is 15.9. The highest BCUT2D eigenvalue weighted by Crippen LogP contribution is 2.55. The molecule has 2 nitrogen and oxygen atoms in total. The summed E-state index contributed by atoms with van der Waals surface area (Å²) >= 11 is 0. The Hall–Kier alpha value is -1.96. The van der Waals surface area contributed by atoms with Crippen LogP contribution in [0.3, 0.4) is 0 Å². The summed E-state index contributed by atoms with van der Waals surface area (Å²) in [6, 6.07) is 11.5. The normalized spacial score (nSPS) is 14.5. The monoisotopic (exact) mass is 310 g/mol. The smallest absolute Gasteiger partial charge is 0.115 e. The molecule has 2 N–H and O–H groups in total. The van der Waals surface area contributed by atoms with Crippen LogP contribution in [0.25, 0.3) is 11.1 Å². The van der Waals surface area contributed by atoms with E-state index in [1.807, 2.05) is 24.3 Å². The molecular weight excluding hydrogens is 284 g/mol. The zero-order valence-electron chi connectivity index (χ0n) is 14.1. The number of hydrogen-bond donors (Lipinski definition) is 2. The molecule has 0 radical (unpaired) electrons. The van der Waals surface area contributed by atoms with E-state index in [0.717, 1.165) is 38.5 Å². The van der Waals surface area contributed by atoms with E-state index in [0.29, 0.717) is 11.5 Å². The minimum Gasteiger partial charge on any atom is -0.508 e. The molecule has 23 heavy (non-hydrogen) atoms. The van der Waals surface area contributed by atoms with Crippen molar-refractivity contribution in [3.05, 3.63) is 47.5 Å². The zero-order valence-corrected chi connectivity index (χ0v) is 14.1. The number of phenolic OH excluding ortho intramolecular Hbond substituents is 2. The minimum absolute atomic E-state index is 0.0752. The predicted octanol–water partition coefficient (Wildman–Crippen LogP) is 5.74. The van der Waals surface area contributed by atoms with Crippen LogP contribution in [0.2, 0.25) is 0 Å². The van der Waals surface area contributed by atoms with Crippen molar-refractivity contribution in [1.82, 2.24) is 0 Å². The Labute approximate surface area is 138 Å². The molecule has 0 atom stereocenters. The Balaban J connectivity index is 2.23. The predicted molar refractivity (Wildman–Crippen MR) is 95.0 cm³/mol. The molecule has 1 aliphatic carbocycles. The maximum Gasteiger partial charge on any atom is 0.115 e. The van der Waals surface area contributed by atoms with Gasteiger partial charge in [0.25, 0.3) is 0 Å². The van der Waals surface area contributed by atoms with Crippen LogP contribution >= 0.6 is 0 Å². The highest BCUT2D eigenvalue weighted by atomic mass is 16.3. The van der Waals surface area contributed by atoms with E-state index < -0.39 is 0 Å². The summed E-state index contributed by atoms with van der Waals surface area (Å²) in [7, 11) is 0. The summed E-state index contributed by atoms with van der Waals surface area (Å²) in [5.74, 6) is 0.663. The standard InChI is InChI=1S/C21H26O2/c1-3-5-11-21(12-6-4-2)19-13-15(22)7-9-17(19)18-10-8-16(23)14-20(18)21/h7-10,13-14,22-23H,3-6,11-12H2,1-2H3. The lowest BCUT2D eigenvalue weighted by molar-refractivity contribution is 0.407. The maximum absolute atomic E-state index is 10.1. The molecule has 0 spiro atoms. The van der Waals surface area contributed by atoms with Gasteiger partial charge in [0.05, 0.1) is 0 Å². The van der Waals surface area contributed by atoms with Crippen LogP contribution in [0.1, 0.15) is 63.5 Å². The SMILES string of the molecule is CCCCC1(CCCC)c2cc(O)ccc2-c2ccc(O)cc21. The minimum atomic E-state index is -0.0752. The zero-order chi connectivity index (χ0) is 16.4. The van der Waals surface area contributed by atoms with Gasteiger partial charge in [-0.25, -0.2) is 0 Å². The van der Waals surface area contributed by atoms with Gasteiger partial charge < -0.3 is 10.2 Å². The second-order valence-electron chi connectivity index (χ2n) is 6.75. The quantitative estimate of drug-likeness (QED) is 0.713. The number of hydrogen-bond acceptors (Lipinski definition) is 2. The van der Waals surface area contributed by atoms with E-state index in [1.54, 1.807) is 12.1 Å². The lowest BCUT2D eigenvalue weighted by Gasteiger charge is -2.32. The molecule has 0 saturated carbocycles. The molecule has 3 rings (SSSR count). The number of fused-ring (bicyclic) bond motifs is 3. The van der Waals surface area contributed by atoms with Crippen LogP contribution in [0.5, 0.6) is 11.5 Å². The first-order valence-corrected chi connectivity index (χ1v) is 8.79. The van der Waals surface area contributed by atoms with Gasteiger partial charge in [-0.05, 0) is 59.4 Å². The second-order valence-corrected chi connectivity index (χ2v) is 6.75. The molecule has 0 aliphatic heterocycles. The number of unbranched alkanes of at least 4 members (excludes halogenated alkanes) is 2. The third-order valence-corrected chi connectivity index (χ3v) is 5.24. The van der Waals surface area contributed by atoms with Gasteiger partial charge in [0.2, 0.25) is 0 Å². The molecule has 2 aromatic carbocycles. The van der Waals surface area contributed by atoms with Crippen molar-refractivity contribution in [3.8, 4) is 22.6 Å². The van der Waals surface area contributed by atoms with Crippen LogP contribution in [-0.2, 0) is 5.41 Å². The lowest BCUT2D eigenvalue weighted by Crippen LogP contribution is -2.25. The van der Waals surface area contributed by atoms with Gasteiger partial charge in [-0.1, -0.05) is 51.7 Å². The van der Waals surface area contributed by atoms with Crippen LogP contribution < -0.4 is 0 Å². The molecule has 0 amide bonds. The molecule has 0 fully saturated rings. The van der Waals surface area contributed by atoms with Crippen molar-refractivity contribution in [3.63, 3.8) is 0 Å². The number of phenols is 2. The fraction of sp³-hybridized carbons (Fsp3) is 0.429. The van der Waals surface area contributed by atoms with Gasteiger partial charge in [0.15, 0.2) is 0 Å². The first-order chi connectivity index (χ1) is 11.1. The molecule has 2 aromatic rings. The van der Waals surface area contributed by atoms with Gasteiger partial charge in [-0.3, -0.25) is 0 Å². The number of aromatic hydroxyl groups is 2. The Bertz CT molecular complexity index is 641. The van der Waals surface area contributed by atoms with E-state index >= 15 is 0 Å². The molecule has 0 unspecified atom stereocenters. The molecule has 0 aromatic heterocycles. The summed E-state index contributed by atoms with van der Waals surface area (Å²) in [6.45, 7) is 4.43. The highest BCUT2D eigenvalue weighted by molar-refractivity contribution is 5.82.